The highest BCUT2D eigenvalue weighted by Crippen LogP contribution is 2.33. The van der Waals surface area contributed by atoms with Crippen molar-refractivity contribution in [1.82, 2.24) is 14.8 Å². The molecule has 0 saturated carbocycles. The summed E-state index contributed by atoms with van der Waals surface area (Å²) in [5, 5.41) is 0. The fraction of sp³-hybridized carbons (Fsp3) is 0.400. The largest absolute Gasteiger partial charge is 0.484 e. The molecule has 0 bridgehead atoms. The van der Waals surface area contributed by atoms with Crippen molar-refractivity contribution in [1.29, 1.82) is 0 Å². The number of fused-ring (bicyclic) bond motifs is 1. The number of rotatable bonds is 3. The van der Waals surface area contributed by atoms with Gasteiger partial charge in [0, 0.05) is 38.9 Å². The minimum absolute atomic E-state index is 0.148. The van der Waals surface area contributed by atoms with Crippen LogP contribution in [0, 0.1) is 0 Å². The van der Waals surface area contributed by atoms with Crippen molar-refractivity contribution >= 4 is 6.09 Å². The number of hydrogen-bond donors (Lipinski definition) is 0. The van der Waals surface area contributed by atoms with Gasteiger partial charge in [-0.2, -0.15) is 0 Å². The van der Waals surface area contributed by atoms with Gasteiger partial charge in [-0.05, 0) is 23.3 Å². The summed E-state index contributed by atoms with van der Waals surface area (Å²) in [5.41, 5.74) is 2.31. The Hall–Kier alpha value is -2.80. The highest BCUT2D eigenvalue weighted by atomic mass is 16.6. The topological polar surface area (TPSA) is 64.1 Å². The summed E-state index contributed by atoms with van der Waals surface area (Å²) in [6.45, 7) is 4.43. The Morgan fingerprint density at radius 3 is 2.70 bits per heavy atom. The number of pyridine rings is 1. The first kappa shape index (κ1) is 17.6. The summed E-state index contributed by atoms with van der Waals surface area (Å²) >= 11 is 0. The van der Waals surface area contributed by atoms with Crippen molar-refractivity contribution in [2.45, 2.75) is 12.6 Å². The fourth-order valence-electron chi connectivity index (χ4n) is 3.39. The Balaban J connectivity index is 1.33. The molecule has 0 aliphatic carbocycles. The summed E-state index contributed by atoms with van der Waals surface area (Å²) in [6.07, 6.45) is 1.31. The summed E-state index contributed by atoms with van der Waals surface area (Å²) in [7, 11) is 1.42. The number of methoxy groups -OCH3 is 1. The van der Waals surface area contributed by atoms with Gasteiger partial charge in [-0.1, -0.05) is 24.3 Å². The van der Waals surface area contributed by atoms with Crippen LogP contribution < -0.4 is 9.47 Å². The molecule has 0 radical (unpaired) electrons. The minimum Gasteiger partial charge on any atom is -0.484 e. The third kappa shape index (κ3) is 3.98. The van der Waals surface area contributed by atoms with Crippen molar-refractivity contribution in [2.24, 2.45) is 0 Å². The van der Waals surface area contributed by atoms with E-state index in [9.17, 15) is 4.79 Å². The summed E-state index contributed by atoms with van der Waals surface area (Å²) in [5.74, 6) is 1.23. The lowest BCUT2D eigenvalue weighted by Crippen LogP contribution is -2.48. The Bertz CT molecular complexity index is 788. The Kier molecular flexibility index (Phi) is 5.11. The molecule has 1 aromatic carbocycles. The number of benzene rings is 1. The van der Waals surface area contributed by atoms with Gasteiger partial charge in [0.05, 0.1) is 7.11 Å². The number of carbonyl (C=O) groups is 1. The van der Waals surface area contributed by atoms with Crippen molar-refractivity contribution in [3.05, 3.63) is 53.7 Å². The van der Waals surface area contributed by atoms with Gasteiger partial charge in [0.15, 0.2) is 11.9 Å². The van der Waals surface area contributed by atoms with E-state index in [0.717, 1.165) is 25.2 Å². The van der Waals surface area contributed by atoms with Crippen LogP contribution in [-0.4, -0.2) is 60.8 Å². The van der Waals surface area contributed by atoms with Gasteiger partial charge in [-0.3, -0.25) is 4.90 Å². The van der Waals surface area contributed by atoms with Crippen LogP contribution in [0.1, 0.15) is 17.2 Å². The first-order chi connectivity index (χ1) is 13.2. The third-order valence-electron chi connectivity index (χ3n) is 4.94. The van der Waals surface area contributed by atoms with Gasteiger partial charge in [-0.15, -0.1) is 0 Å². The van der Waals surface area contributed by atoms with Crippen LogP contribution in [0.25, 0.3) is 0 Å². The standard InChI is InChI=1S/C20H23N3O4/c1-25-20(24)23-11-9-22(10-12-23)13-15-4-6-16(7-5-15)18-14-26-17-3-2-8-21-19(17)27-18/h2-8,18H,9-14H2,1H3. The van der Waals surface area contributed by atoms with Crippen molar-refractivity contribution in [2.75, 3.05) is 39.9 Å². The molecule has 7 nitrogen and oxygen atoms in total. The molecule has 1 atom stereocenters. The number of nitrogens with zero attached hydrogens (tertiary/aromatic N) is 3. The highest BCUT2D eigenvalue weighted by Gasteiger charge is 2.24. The molecule has 2 aliphatic heterocycles. The Morgan fingerprint density at radius 1 is 1.19 bits per heavy atom. The molecule has 0 N–H and O–H groups in total. The average Bonchev–Trinajstić information content (AvgIpc) is 2.74. The molecule has 1 unspecified atom stereocenters. The molecular weight excluding hydrogens is 346 g/mol. The molecule has 1 fully saturated rings. The van der Waals surface area contributed by atoms with Gasteiger partial charge in [0.2, 0.25) is 0 Å². The SMILES string of the molecule is COC(=O)N1CCN(Cc2ccc(C3COc4cccnc4O3)cc2)CC1. The van der Waals surface area contributed by atoms with Crippen LogP contribution >= 0.6 is 0 Å². The van der Waals surface area contributed by atoms with Crippen LogP contribution in [0.3, 0.4) is 0 Å². The molecule has 1 saturated heterocycles. The van der Waals surface area contributed by atoms with E-state index in [4.69, 9.17) is 14.2 Å². The summed E-state index contributed by atoms with van der Waals surface area (Å²) in [6, 6.07) is 12.1. The molecule has 1 amide bonds. The van der Waals surface area contributed by atoms with Crippen LogP contribution in [-0.2, 0) is 11.3 Å². The smallest absolute Gasteiger partial charge is 0.409 e. The van der Waals surface area contributed by atoms with Gasteiger partial charge < -0.3 is 19.1 Å². The molecule has 3 heterocycles. The van der Waals surface area contributed by atoms with E-state index in [1.165, 1.54) is 12.7 Å². The zero-order valence-corrected chi connectivity index (χ0v) is 15.3. The second-order valence-corrected chi connectivity index (χ2v) is 6.70. The molecule has 2 aliphatic rings. The maximum atomic E-state index is 11.6. The molecular formula is C20H23N3O4. The van der Waals surface area contributed by atoms with E-state index in [1.807, 2.05) is 12.1 Å². The molecule has 2 aromatic rings. The van der Waals surface area contributed by atoms with E-state index in [-0.39, 0.29) is 12.2 Å². The Labute approximate surface area is 158 Å². The highest BCUT2D eigenvalue weighted by molar-refractivity contribution is 5.67. The second kappa shape index (κ2) is 7.84. The number of carbonyl (C=O) groups excluding carboxylic acids is 1. The fourth-order valence-corrected chi connectivity index (χ4v) is 3.39. The van der Waals surface area contributed by atoms with Gasteiger partial charge >= 0.3 is 6.09 Å². The van der Waals surface area contributed by atoms with Crippen LogP contribution in [0.15, 0.2) is 42.6 Å². The van der Waals surface area contributed by atoms with Crippen LogP contribution in [0.4, 0.5) is 4.79 Å². The number of piperazine rings is 1. The van der Waals surface area contributed by atoms with Gasteiger partial charge in [-0.25, -0.2) is 9.78 Å². The lowest BCUT2D eigenvalue weighted by molar-refractivity contribution is 0.0849. The maximum Gasteiger partial charge on any atom is 0.409 e. The predicted molar refractivity (Wildman–Crippen MR) is 98.8 cm³/mol. The maximum absolute atomic E-state index is 11.6. The summed E-state index contributed by atoms with van der Waals surface area (Å²) < 4.78 is 16.5. The summed E-state index contributed by atoms with van der Waals surface area (Å²) in [4.78, 5) is 19.9. The van der Waals surface area contributed by atoms with Crippen molar-refractivity contribution in [3.8, 4) is 11.6 Å². The van der Waals surface area contributed by atoms with Gasteiger partial charge in [0.1, 0.15) is 6.61 Å². The third-order valence-corrected chi connectivity index (χ3v) is 4.94. The molecule has 142 valence electrons. The molecule has 1 aromatic heterocycles. The van der Waals surface area contributed by atoms with E-state index >= 15 is 0 Å². The number of aromatic nitrogens is 1. The molecule has 27 heavy (non-hydrogen) atoms. The molecule has 7 heteroatoms. The monoisotopic (exact) mass is 369 g/mol. The number of ether oxygens (including phenoxy) is 3. The first-order valence-corrected chi connectivity index (χ1v) is 9.11. The zero-order chi connectivity index (χ0) is 18.6. The van der Waals surface area contributed by atoms with E-state index < -0.39 is 0 Å². The average molecular weight is 369 g/mol. The van der Waals surface area contributed by atoms with Gasteiger partial charge in [0.25, 0.3) is 5.88 Å². The van der Waals surface area contributed by atoms with E-state index in [0.29, 0.717) is 31.3 Å². The Morgan fingerprint density at radius 2 is 1.96 bits per heavy atom. The first-order valence-electron chi connectivity index (χ1n) is 9.11. The second-order valence-electron chi connectivity index (χ2n) is 6.70. The lowest BCUT2D eigenvalue weighted by Gasteiger charge is -2.33. The quantitative estimate of drug-likeness (QED) is 0.828. The van der Waals surface area contributed by atoms with E-state index in [2.05, 4.69) is 34.1 Å². The minimum atomic E-state index is -0.246. The van der Waals surface area contributed by atoms with Crippen LogP contribution in [0.5, 0.6) is 11.6 Å². The molecule has 0 spiro atoms. The predicted octanol–water partition coefficient (Wildman–Crippen LogP) is 2.48. The van der Waals surface area contributed by atoms with Crippen LogP contribution in [0.2, 0.25) is 0 Å². The van der Waals surface area contributed by atoms with E-state index in [1.54, 1.807) is 11.1 Å². The lowest BCUT2D eigenvalue weighted by atomic mass is 10.1. The number of amides is 1. The number of hydrogen-bond acceptors (Lipinski definition) is 6. The van der Waals surface area contributed by atoms with Crippen molar-refractivity contribution in [3.63, 3.8) is 0 Å². The normalized spacial score (nSPS) is 19.6. The van der Waals surface area contributed by atoms with Crippen molar-refractivity contribution < 1.29 is 19.0 Å². The molecule has 4 rings (SSSR count). The zero-order valence-electron chi connectivity index (χ0n) is 15.3.